The maximum Gasteiger partial charge on any atom is 0.274 e. The number of amides is 2. The minimum Gasteiger partial charge on any atom is -0.496 e. The van der Waals surface area contributed by atoms with Crippen LogP contribution >= 0.6 is 23.2 Å². The molecule has 1 atom stereocenters. The number of hydrogen-bond donors (Lipinski definition) is 5. The molecule has 2 amide bonds. The first-order chi connectivity index (χ1) is 24.2. The van der Waals surface area contributed by atoms with Crippen LogP contribution in [-0.4, -0.2) is 71.8 Å². The first kappa shape index (κ1) is 35.5. The van der Waals surface area contributed by atoms with E-state index in [9.17, 15) is 14.7 Å². The van der Waals surface area contributed by atoms with E-state index in [-0.39, 0.29) is 34.7 Å². The van der Waals surface area contributed by atoms with E-state index in [4.69, 9.17) is 37.7 Å². The van der Waals surface area contributed by atoms with Gasteiger partial charge in [0.05, 0.1) is 41.3 Å². The topological polar surface area (TPSA) is 160 Å². The summed E-state index contributed by atoms with van der Waals surface area (Å²) in [4.78, 5) is 38.4. The molecule has 6 rings (SSSR count). The van der Waals surface area contributed by atoms with Gasteiger partial charge in [-0.1, -0.05) is 41.4 Å². The first-order valence-corrected chi connectivity index (χ1v) is 17.1. The van der Waals surface area contributed by atoms with Gasteiger partial charge in [-0.2, -0.15) is 0 Å². The molecule has 4 aromatic rings. The highest BCUT2D eigenvalue weighted by Gasteiger charge is 2.41. The SMILES string of the molecule is COc1cc(C(=O)Nc2cccc(-c3nccc(-c4ccc(CNCC5CCC(=O)N5)c(OC)n4)c3Cl)c2Cl)ncc1CNCC1(CO)CC1. The summed E-state index contributed by atoms with van der Waals surface area (Å²) < 4.78 is 11.1. The Morgan fingerprint density at radius 1 is 1.02 bits per heavy atom. The summed E-state index contributed by atoms with van der Waals surface area (Å²) in [5, 5.41) is 22.7. The van der Waals surface area contributed by atoms with Crippen molar-refractivity contribution >= 4 is 40.7 Å². The number of aliphatic hydroxyl groups excluding tert-OH is 1. The van der Waals surface area contributed by atoms with Crippen LogP contribution in [0.5, 0.6) is 11.6 Å². The average molecular weight is 721 g/mol. The second-order valence-electron chi connectivity index (χ2n) is 12.6. The van der Waals surface area contributed by atoms with Gasteiger partial charge in [-0.15, -0.1) is 0 Å². The maximum absolute atomic E-state index is 13.3. The number of carbonyl (C=O) groups is 2. The van der Waals surface area contributed by atoms with E-state index in [0.717, 1.165) is 30.4 Å². The molecule has 1 aliphatic carbocycles. The summed E-state index contributed by atoms with van der Waals surface area (Å²) in [5.41, 5.74) is 4.30. The van der Waals surface area contributed by atoms with Crippen LogP contribution in [0.2, 0.25) is 10.0 Å². The zero-order valence-corrected chi connectivity index (χ0v) is 29.3. The zero-order chi connectivity index (χ0) is 35.3. The molecule has 1 aliphatic heterocycles. The predicted molar refractivity (Wildman–Crippen MR) is 192 cm³/mol. The van der Waals surface area contributed by atoms with Crippen LogP contribution < -0.4 is 30.7 Å². The van der Waals surface area contributed by atoms with Gasteiger partial charge < -0.3 is 35.8 Å². The Morgan fingerprint density at radius 3 is 2.56 bits per heavy atom. The number of rotatable bonds is 15. The maximum atomic E-state index is 13.3. The molecule has 1 saturated carbocycles. The van der Waals surface area contributed by atoms with Crippen molar-refractivity contribution < 1.29 is 24.2 Å². The Labute approximate surface area is 300 Å². The number of methoxy groups -OCH3 is 2. The number of hydrogen-bond acceptors (Lipinski definition) is 10. The number of aliphatic hydroxyl groups is 1. The number of ether oxygens (including phenoxy) is 2. The number of halogens is 2. The van der Waals surface area contributed by atoms with Crippen LogP contribution in [0, 0.1) is 5.41 Å². The van der Waals surface area contributed by atoms with Crippen molar-refractivity contribution in [2.24, 2.45) is 5.41 Å². The van der Waals surface area contributed by atoms with Crippen molar-refractivity contribution in [3.05, 3.63) is 81.7 Å². The van der Waals surface area contributed by atoms with Crippen molar-refractivity contribution in [3.8, 4) is 34.1 Å². The minimum atomic E-state index is -0.467. The van der Waals surface area contributed by atoms with Gasteiger partial charge in [0.1, 0.15) is 11.4 Å². The third-order valence-corrected chi connectivity index (χ3v) is 9.88. The van der Waals surface area contributed by atoms with Gasteiger partial charge in [-0.25, -0.2) is 4.98 Å². The predicted octanol–water partition coefficient (Wildman–Crippen LogP) is 5.01. The standard InChI is InChI=1S/C36H39Cl2N7O5/c1-49-29-14-28(42-17-22(29)16-40-19-36(20-46)11-12-36)34(48)44-27-5-3-4-25(31(27)37)33-32(38)24(10-13-41-33)26-8-6-21(35(45-26)50-2)15-39-18-23-7-9-30(47)43-23/h3-6,8,10,13-14,17,23,39-40,46H,7,9,11-12,15-16,18-20H2,1-2H3,(H,43,47)(H,44,48). The van der Waals surface area contributed by atoms with Crippen molar-refractivity contribution in [1.82, 2.24) is 30.9 Å². The molecule has 12 nitrogen and oxygen atoms in total. The summed E-state index contributed by atoms with van der Waals surface area (Å²) >= 11 is 13.8. The van der Waals surface area contributed by atoms with E-state index in [1.807, 2.05) is 12.1 Å². The lowest BCUT2D eigenvalue weighted by Crippen LogP contribution is -2.35. The minimum absolute atomic E-state index is 0.0268. The fraction of sp³-hybridized carbons (Fsp3) is 0.361. The zero-order valence-electron chi connectivity index (χ0n) is 27.8. The van der Waals surface area contributed by atoms with Gasteiger partial charge >= 0.3 is 0 Å². The third-order valence-electron chi connectivity index (χ3n) is 9.10. The highest BCUT2D eigenvalue weighted by molar-refractivity contribution is 6.39. The molecule has 0 bridgehead atoms. The fourth-order valence-corrected chi connectivity index (χ4v) is 6.48. The van der Waals surface area contributed by atoms with Crippen LogP contribution in [0.3, 0.4) is 0 Å². The van der Waals surface area contributed by atoms with E-state index < -0.39 is 5.91 Å². The van der Waals surface area contributed by atoms with Crippen molar-refractivity contribution in [3.63, 3.8) is 0 Å². The lowest BCUT2D eigenvalue weighted by Gasteiger charge is -2.16. The molecule has 50 heavy (non-hydrogen) atoms. The van der Waals surface area contributed by atoms with E-state index in [1.165, 1.54) is 0 Å². The van der Waals surface area contributed by atoms with Gasteiger partial charge in [0.25, 0.3) is 5.91 Å². The van der Waals surface area contributed by atoms with Gasteiger partial charge in [0, 0.05) is 91.4 Å². The van der Waals surface area contributed by atoms with Crippen LogP contribution in [0.4, 0.5) is 5.69 Å². The first-order valence-electron chi connectivity index (χ1n) is 16.4. The highest BCUT2D eigenvalue weighted by Crippen LogP contribution is 2.44. The quantitative estimate of drug-likeness (QED) is 0.113. The number of nitrogens with one attached hydrogen (secondary N) is 4. The summed E-state index contributed by atoms with van der Waals surface area (Å²) in [6.07, 6.45) is 6.61. The molecule has 1 aromatic carbocycles. The third kappa shape index (κ3) is 8.00. The smallest absolute Gasteiger partial charge is 0.274 e. The summed E-state index contributed by atoms with van der Waals surface area (Å²) in [5.74, 6) is 0.585. The second kappa shape index (κ2) is 15.7. The molecule has 0 radical (unpaired) electrons. The number of carbonyl (C=O) groups excluding carboxylic acids is 2. The molecule has 3 aromatic heterocycles. The second-order valence-corrected chi connectivity index (χ2v) is 13.3. The Bertz CT molecular complexity index is 1890. The molecule has 262 valence electrons. The monoisotopic (exact) mass is 719 g/mol. The van der Waals surface area contributed by atoms with E-state index >= 15 is 0 Å². The van der Waals surface area contributed by atoms with E-state index in [2.05, 4.69) is 31.2 Å². The van der Waals surface area contributed by atoms with Crippen LogP contribution in [0.25, 0.3) is 22.5 Å². The lowest BCUT2D eigenvalue weighted by atomic mass is 10.1. The van der Waals surface area contributed by atoms with Crippen LogP contribution in [0.15, 0.2) is 54.9 Å². The number of benzene rings is 1. The Hall–Kier alpha value is -4.33. The average Bonchev–Trinajstić information content (AvgIpc) is 3.80. The van der Waals surface area contributed by atoms with Gasteiger partial charge in [-0.3, -0.25) is 19.6 Å². The Kier molecular flexibility index (Phi) is 11.1. The van der Waals surface area contributed by atoms with Gasteiger partial charge in [0.15, 0.2) is 0 Å². The molecule has 4 heterocycles. The lowest BCUT2D eigenvalue weighted by molar-refractivity contribution is -0.119. The van der Waals surface area contributed by atoms with Crippen LogP contribution in [-0.2, 0) is 17.9 Å². The molecular formula is C36H39Cl2N7O5. The summed E-state index contributed by atoms with van der Waals surface area (Å²) in [7, 11) is 3.10. The molecule has 5 N–H and O–H groups in total. The number of anilines is 1. The molecule has 0 spiro atoms. The molecule has 14 heteroatoms. The Morgan fingerprint density at radius 2 is 1.84 bits per heavy atom. The number of nitrogens with zero attached hydrogens (tertiary/aromatic N) is 3. The number of pyridine rings is 3. The Balaban J connectivity index is 1.16. The summed E-state index contributed by atoms with van der Waals surface area (Å²) in [6.45, 7) is 2.52. The molecule has 2 fully saturated rings. The van der Waals surface area contributed by atoms with E-state index in [0.29, 0.717) is 77.5 Å². The van der Waals surface area contributed by atoms with Crippen LogP contribution in [0.1, 0.15) is 47.3 Å². The highest BCUT2D eigenvalue weighted by atomic mass is 35.5. The fourth-order valence-electron chi connectivity index (χ4n) is 5.91. The van der Waals surface area contributed by atoms with E-state index in [1.54, 1.807) is 56.9 Å². The van der Waals surface area contributed by atoms with Crippen molar-refractivity contribution in [2.45, 2.75) is 44.8 Å². The molecule has 1 unspecified atom stereocenters. The molecule has 1 saturated heterocycles. The largest absolute Gasteiger partial charge is 0.496 e. The molecular weight excluding hydrogens is 681 g/mol. The van der Waals surface area contributed by atoms with Gasteiger partial charge in [-0.05, 0) is 37.5 Å². The molecule has 2 aliphatic rings. The normalized spacial score (nSPS) is 16.2. The van der Waals surface area contributed by atoms with Gasteiger partial charge in [0.2, 0.25) is 11.8 Å². The number of aromatic nitrogens is 3. The van der Waals surface area contributed by atoms with Crippen molar-refractivity contribution in [1.29, 1.82) is 0 Å². The van der Waals surface area contributed by atoms with Crippen molar-refractivity contribution in [2.75, 3.05) is 39.2 Å². The summed E-state index contributed by atoms with van der Waals surface area (Å²) in [6, 6.07) is 12.5.